The van der Waals surface area contributed by atoms with E-state index in [2.05, 4.69) is 5.32 Å². The van der Waals surface area contributed by atoms with Gasteiger partial charge in [0.2, 0.25) is 5.91 Å². The molecule has 36 heavy (non-hydrogen) atoms. The van der Waals surface area contributed by atoms with Crippen molar-refractivity contribution in [1.82, 2.24) is 10.2 Å². The number of carboxylic acid groups (broad SMARTS) is 1. The van der Waals surface area contributed by atoms with Gasteiger partial charge < -0.3 is 25.0 Å². The number of hydrogen-bond donors (Lipinski definition) is 2. The number of anilines is 1. The van der Waals surface area contributed by atoms with Crippen molar-refractivity contribution in [3.8, 4) is 0 Å². The maximum atomic E-state index is 15.8. The summed E-state index contributed by atoms with van der Waals surface area (Å²) in [5.74, 6) is -0.668. The highest BCUT2D eigenvalue weighted by atomic mass is 19.1. The van der Waals surface area contributed by atoms with E-state index in [4.69, 9.17) is 4.74 Å². The van der Waals surface area contributed by atoms with Crippen molar-refractivity contribution in [2.75, 3.05) is 18.0 Å². The second-order valence-electron chi connectivity index (χ2n) is 9.73. The highest BCUT2D eigenvalue weighted by molar-refractivity contribution is 6.01. The Hall–Kier alpha value is -3.62. The van der Waals surface area contributed by atoms with Crippen LogP contribution in [0.2, 0.25) is 0 Å². The van der Waals surface area contributed by atoms with E-state index in [1.54, 1.807) is 12.1 Å². The summed E-state index contributed by atoms with van der Waals surface area (Å²) in [5.41, 5.74) is 2.12. The number of alkyl carbamates (subject to hydrolysis) is 1. The van der Waals surface area contributed by atoms with Gasteiger partial charge in [0.25, 0.3) is 0 Å². The first-order chi connectivity index (χ1) is 17.3. The van der Waals surface area contributed by atoms with E-state index in [0.717, 1.165) is 5.56 Å². The van der Waals surface area contributed by atoms with Gasteiger partial charge in [0.15, 0.2) is 0 Å². The first kappa shape index (κ1) is 25.5. The number of nitrogens with zero attached hydrogens (tertiary/aromatic N) is 2. The van der Waals surface area contributed by atoms with Gasteiger partial charge in [-0.3, -0.25) is 4.79 Å². The molecule has 1 unspecified atom stereocenters. The standard InChI is InChI=1S/C27H32FN3O5/c1-17(2)15-23-19-10-11-22(24(28)20(19)9-6-13-31(23)27(34)35)30-14-12-21(25(30)32)29-26(33)36-16-18-7-4-3-5-8-18/h3-5,7-8,10-11,17,21,23H,6,9,12-16H2,1-2H3,(H,29,33)(H,34,35)/t21-,23?/m0/s1. The van der Waals surface area contributed by atoms with Crippen molar-refractivity contribution >= 4 is 23.8 Å². The largest absolute Gasteiger partial charge is 0.465 e. The van der Waals surface area contributed by atoms with E-state index in [0.29, 0.717) is 43.4 Å². The van der Waals surface area contributed by atoms with Gasteiger partial charge in [-0.2, -0.15) is 0 Å². The number of hydrogen-bond acceptors (Lipinski definition) is 4. The number of amides is 3. The molecule has 2 aromatic rings. The third-order valence-corrected chi connectivity index (χ3v) is 6.76. The predicted molar refractivity (Wildman–Crippen MR) is 132 cm³/mol. The molecular weight excluding hydrogens is 465 g/mol. The van der Waals surface area contributed by atoms with Gasteiger partial charge in [0.1, 0.15) is 18.5 Å². The number of ether oxygens (including phenoxy) is 1. The quantitative estimate of drug-likeness (QED) is 0.593. The summed E-state index contributed by atoms with van der Waals surface area (Å²) in [6.07, 6.45) is 0.0892. The number of carbonyl (C=O) groups is 3. The molecule has 2 aliphatic rings. The normalized spacial score (nSPS) is 19.7. The minimum absolute atomic E-state index is 0.0850. The van der Waals surface area contributed by atoms with Gasteiger partial charge in [0, 0.05) is 13.1 Å². The Balaban J connectivity index is 1.49. The number of rotatable bonds is 6. The van der Waals surface area contributed by atoms with Crippen LogP contribution in [0.3, 0.4) is 0 Å². The molecule has 0 bridgehead atoms. The van der Waals surface area contributed by atoms with E-state index in [-0.39, 0.29) is 24.8 Å². The van der Waals surface area contributed by atoms with Gasteiger partial charge in [-0.05, 0) is 54.4 Å². The third kappa shape index (κ3) is 5.45. The van der Waals surface area contributed by atoms with Crippen molar-refractivity contribution < 1.29 is 28.6 Å². The number of carbonyl (C=O) groups excluding carboxylic acids is 2. The minimum Gasteiger partial charge on any atom is -0.465 e. The highest BCUT2D eigenvalue weighted by Crippen LogP contribution is 2.38. The van der Waals surface area contributed by atoms with E-state index < -0.39 is 36.0 Å². The number of benzene rings is 2. The van der Waals surface area contributed by atoms with Crippen LogP contribution in [0, 0.1) is 11.7 Å². The zero-order valence-corrected chi connectivity index (χ0v) is 20.6. The number of halogens is 1. The number of fused-ring (bicyclic) bond motifs is 1. The topological polar surface area (TPSA) is 99.2 Å². The van der Waals surface area contributed by atoms with Crippen LogP contribution in [0.25, 0.3) is 0 Å². The monoisotopic (exact) mass is 497 g/mol. The van der Waals surface area contributed by atoms with Crippen molar-refractivity contribution in [3.63, 3.8) is 0 Å². The summed E-state index contributed by atoms with van der Waals surface area (Å²) in [5, 5.41) is 12.3. The van der Waals surface area contributed by atoms with Crippen molar-refractivity contribution in [1.29, 1.82) is 0 Å². The Morgan fingerprint density at radius 3 is 2.61 bits per heavy atom. The maximum absolute atomic E-state index is 15.8. The fourth-order valence-corrected chi connectivity index (χ4v) is 5.04. The number of nitrogens with one attached hydrogen (secondary N) is 1. The summed E-state index contributed by atoms with van der Waals surface area (Å²) in [7, 11) is 0. The lowest BCUT2D eigenvalue weighted by Gasteiger charge is -2.30. The van der Waals surface area contributed by atoms with Gasteiger partial charge in [-0.1, -0.05) is 50.2 Å². The molecule has 192 valence electrons. The zero-order valence-electron chi connectivity index (χ0n) is 20.6. The fourth-order valence-electron chi connectivity index (χ4n) is 5.04. The van der Waals surface area contributed by atoms with Crippen molar-refractivity contribution in [2.24, 2.45) is 5.92 Å². The second-order valence-corrected chi connectivity index (χ2v) is 9.73. The van der Waals surface area contributed by atoms with E-state index >= 15 is 4.39 Å². The lowest BCUT2D eigenvalue weighted by atomic mass is 9.91. The van der Waals surface area contributed by atoms with Crippen LogP contribution >= 0.6 is 0 Å². The molecule has 0 spiro atoms. The molecule has 2 aromatic carbocycles. The molecule has 0 aromatic heterocycles. The van der Waals surface area contributed by atoms with Gasteiger partial charge in [-0.25, -0.2) is 14.0 Å². The first-order valence-electron chi connectivity index (χ1n) is 12.4. The molecule has 1 fully saturated rings. The molecule has 8 nitrogen and oxygen atoms in total. The molecule has 0 aliphatic carbocycles. The van der Waals surface area contributed by atoms with Gasteiger partial charge in [0.05, 0.1) is 11.7 Å². The van der Waals surface area contributed by atoms with Crippen LogP contribution in [-0.2, 0) is 22.6 Å². The Morgan fingerprint density at radius 2 is 1.92 bits per heavy atom. The average Bonchev–Trinajstić information content (AvgIpc) is 3.08. The first-order valence-corrected chi connectivity index (χ1v) is 12.4. The third-order valence-electron chi connectivity index (χ3n) is 6.76. The summed E-state index contributed by atoms with van der Waals surface area (Å²) < 4.78 is 21.0. The van der Waals surface area contributed by atoms with Crippen LogP contribution in [0.4, 0.5) is 19.7 Å². The maximum Gasteiger partial charge on any atom is 0.408 e. The summed E-state index contributed by atoms with van der Waals surface area (Å²) >= 11 is 0. The van der Waals surface area contributed by atoms with Crippen LogP contribution < -0.4 is 10.2 Å². The summed E-state index contributed by atoms with van der Waals surface area (Å²) in [4.78, 5) is 39.9. The summed E-state index contributed by atoms with van der Waals surface area (Å²) in [6.45, 7) is 4.69. The second kappa shape index (κ2) is 11.0. The molecular formula is C27H32FN3O5. The smallest absolute Gasteiger partial charge is 0.408 e. The molecule has 2 atom stereocenters. The Bertz CT molecular complexity index is 1120. The van der Waals surface area contributed by atoms with Crippen molar-refractivity contribution in [3.05, 3.63) is 65.0 Å². The van der Waals surface area contributed by atoms with Crippen LogP contribution in [0.15, 0.2) is 42.5 Å². The van der Waals surface area contributed by atoms with E-state index in [1.807, 2.05) is 44.2 Å². The zero-order chi connectivity index (χ0) is 25.8. The lowest BCUT2D eigenvalue weighted by Crippen LogP contribution is -2.42. The highest BCUT2D eigenvalue weighted by Gasteiger charge is 2.37. The van der Waals surface area contributed by atoms with Crippen LogP contribution in [-0.4, -0.2) is 47.2 Å². The fraction of sp³-hybridized carbons (Fsp3) is 0.444. The molecule has 0 saturated carbocycles. The molecule has 0 radical (unpaired) electrons. The van der Waals surface area contributed by atoms with Crippen molar-refractivity contribution in [2.45, 2.75) is 58.2 Å². The average molecular weight is 498 g/mol. The van der Waals surface area contributed by atoms with E-state index in [9.17, 15) is 19.5 Å². The molecule has 2 aliphatic heterocycles. The SMILES string of the molecule is CC(C)CC1c2ccc(N3CC[C@H](NC(=O)OCc4ccccc4)C3=O)c(F)c2CCCN1C(=O)O. The van der Waals surface area contributed by atoms with Crippen LogP contribution in [0.5, 0.6) is 0 Å². The molecule has 9 heteroatoms. The predicted octanol–water partition coefficient (Wildman–Crippen LogP) is 4.87. The molecule has 3 amide bonds. The van der Waals surface area contributed by atoms with E-state index in [1.165, 1.54) is 9.80 Å². The molecule has 1 saturated heterocycles. The van der Waals surface area contributed by atoms with Gasteiger partial charge in [-0.15, -0.1) is 0 Å². The van der Waals surface area contributed by atoms with Crippen LogP contribution in [0.1, 0.15) is 55.8 Å². The van der Waals surface area contributed by atoms with Gasteiger partial charge >= 0.3 is 12.2 Å². The molecule has 2 heterocycles. The minimum atomic E-state index is -1.01. The lowest BCUT2D eigenvalue weighted by molar-refractivity contribution is -0.118. The summed E-state index contributed by atoms with van der Waals surface area (Å²) in [6, 6.07) is 11.3. The Kier molecular flexibility index (Phi) is 7.76. The molecule has 4 rings (SSSR count). The Morgan fingerprint density at radius 1 is 1.17 bits per heavy atom. The Labute approximate surface area is 210 Å². The molecule has 2 N–H and O–H groups in total.